The SMILES string of the molecule is COC(=O)[C@@H]1C[C@@H](O)CN1C(=O)[C@H](N)Cc1ccc(C)cc1.Cc1ccc(C[C@@H]2NC(=O)[C@@H]3C[C@@H](O)CN3C2=O)cc1. The summed E-state index contributed by atoms with van der Waals surface area (Å²) in [5.74, 6) is -1.11. The van der Waals surface area contributed by atoms with Crippen molar-refractivity contribution in [2.24, 2.45) is 5.73 Å². The molecule has 0 spiro atoms. The Kier molecular flexibility index (Phi) is 9.97. The van der Waals surface area contributed by atoms with E-state index in [4.69, 9.17) is 5.73 Å². The molecule has 226 valence electrons. The third-order valence-electron chi connectivity index (χ3n) is 7.97. The molecule has 3 heterocycles. The molecule has 3 saturated heterocycles. The molecule has 2 aromatic rings. The van der Waals surface area contributed by atoms with Gasteiger partial charge < -0.3 is 35.8 Å². The Hall–Kier alpha value is -3.80. The first-order valence-electron chi connectivity index (χ1n) is 14.2. The molecule has 2 aromatic carbocycles. The number of nitrogens with two attached hydrogens (primary N) is 1. The Bertz CT molecular complexity index is 1280. The van der Waals surface area contributed by atoms with Crippen molar-refractivity contribution in [3.8, 4) is 0 Å². The molecule has 3 aliphatic rings. The number of likely N-dealkylation sites (tertiary alicyclic amines) is 1. The average molecular weight is 581 g/mol. The van der Waals surface area contributed by atoms with Gasteiger partial charge in [-0.15, -0.1) is 0 Å². The van der Waals surface area contributed by atoms with Crippen molar-refractivity contribution in [2.75, 3.05) is 20.2 Å². The van der Waals surface area contributed by atoms with Gasteiger partial charge in [0.2, 0.25) is 17.7 Å². The zero-order valence-corrected chi connectivity index (χ0v) is 24.2. The van der Waals surface area contributed by atoms with E-state index in [0.29, 0.717) is 19.3 Å². The standard InChI is InChI=1S/C16H22N2O4.C15H18N2O3/c1-10-3-5-11(6-4-10)7-13(17)15(20)18-9-12(19)8-14(18)16(21)22-2;1-9-2-4-10(5-3-9)6-12-15(20)17-8-11(18)7-13(17)14(19)16-12/h3-6,12-14,19H,7-9,17H2,1-2H3;2-5,11-13,18H,6-8H2,1H3,(H,16,19)/t12-,13-,14+;11-,12+,13+/m11/s1. The van der Waals surface area contributed by atoms with E-state index in [2.05, 4.69) is 10.1 Å². The molecule has 0 aromatic heterocycles. The van der Waals surface area contributed by atoms with E-state index in [1.807, 2.05) is 62.4 Å². The molecule has 0 bridgehead atoms. The second-order valence-electron chi connectivity index (χ2n) is 11.4. The minimum Gasteiger partial charge on any atom is -0.467 e. The van der Waals surface area contributed by atoms with E-state index >= 15 is 0 Å². The molecule has 11 heteroatoms. The van der Waals surface area contributed by atoms with Gasteiger partial charge in [-0.3, -0.25) is 14.4 Å². The monoisotopic (exact) mass is 580 g/mol. The lowest BCUT2D eigenvalue weighted by atomic mass is 10.0. The highest BCUT2D eigenvalue weighted by Crippen LogP contribution is 2.24. The summed E-state index contributed by atoms with van der Waals surface area (Å²) in [6.45, 7) is 4.37. The lowest BCUT2D eigenvalue weighted by molar-refractivity contribution is -0.151. The Morgan fingerprint density at radius 3 is 2.12 bits per heavy atom. The fraction of sp³-hybridized carbons (Fsp3) is 0.484. The van der Waals surface area contributed by atoms with E-state index < -0.39 is 42.3 Å². The predicted molar refractivity (Wildman–Crippen MR) is 154 cm³/mol. The van der Waals surface area contributed by atoms with Crippen molar-refractivity contribution in [1.82, 2.24) is 15.1 Å². The van der Waals surface area contributed by atoms with Gasteiger partial charge in [0.15, 0.2) is 0 Å². The van der Waals surface area contributed by atoms with Crippen LogP contribution in [0.4, 0.5) is 0 Å². The van der Waals surface area contributed by atoms with E-state index in [-0.39, 0.29) is 37.2 Å². The number of nitrogens with one attached hydrogen (secondary N) is 1. The van der Waals surface area contributed by atoms with Gasteiger partial charge in [-0.1, -0.05) is 59.7 Å². The van der Waals surface area contributed by atoms with Crippen LogP contribution in [0.25, 0.3) is 0 Å². The van der Waals surface area contributed by atoms with Gasteiger partial charge in [-0.2, -0.15) is 0 Å². The number of aliphatic hydroxyl groups excluding tert-OH is 2. The molecule has 5 rings (SSSR count). The zero-order valence-electron chi connectivity index (χ0n) is 24.2. The zero-order chi connectivity index (χ0) is 30.6. The van der Waals surface area contributed by atoms with Gasteiger partial charge in [-0.25, -0.2) is 4.79 Å². The summed E-state index contributed by atoms with van der Waals surface area (Å²) in [7, 11) is 1.27. The number of aryl methyl sites for hydroxylation is 2. The fourth-order valence-electron chi connectivity index (χ4n) is 5.63. The molecule has 6 atom stereocenters. The highest BCUT2D eigenvalue weighted by molar-refractivity contribution is 5.97. The van der Waals surface area contributed by atoms with Crippen molar-refractivity contribution in [3.63, 3.8) is 0 Å². The van der Waals surface area contributed by atoms with Gasteiger partial charge in [0, 0.05) is 32.4 Å². The lowest BCUT2D eigenvalue weighted by Gasteiger charge is -2.34. The number of ether oxygens (including phenoxy) is 1. The van der Waals surface area contributed by atoms with Gasteiger partial charge >= 0.3 is 5.97 Å². The summed E-state index contributed by atoms with van der Waals surface area (Å²) in [5, 5.41) is 22.1. The Labute approximate surface area is 245 Å². The maximum atomic E-state index is 12.5. The quantitative estimate of drug-likeness (QED) is 0.347. The number of carbonyl (C=O) groups excluding carboxylic acids is 4. The minimum absolute atomic E-state index is 0.0910. The van der Waals surface area contributed by atoms with Crippen molar-refractivity contribution in [1.29, 1.82) is 0 Å². The number of esters is 1. The summed E-state index contributed by atoms with van der Waals surface area (Å²) in [5.41, 5.74) is 10.3. The third kappa shape index (κ3) is 7.33. The topological polar surface area (TPSA) is 162 Å². The molecule has 3 amide bonds. The number of aliphatic hydroxyl groups is 2. The molecular formula is C31H40N4O7. The Balaban J connectivity index is 0.000000193. The number of piperazine rings is 1. The van der Waals surface area contributed by atoms with Crippen molar-refractivity contribution >= 4 is 23.7 Å². The molecule has 0 unspecified atom stereocenters. The number of β-amino-alcohol motifs (C(OH)–C–C–N with tert-alkyl or cyclic N) is 1. The van der Waals surface area contributed by atoms with Crippen molar-refractivity contribution < 1.29 is 34.1 Å². The van der Waals surface area contributed by atoms with E-state index in [0.717, 1.165) is 22.3 Å². The summed E-state index contributed by atoms with van der Waals surface area (Å²) in [6, 6.07) is 13.2. The van der Waals surface area contributed by atoms with Crippen molar-refractivity contribution in [2.45, 2.75) is 75.9 Å². The van der Waals surface area contributed by atoms with Crippen LogP contribution in [-0.2, 0) is 36.8 Å². The number of rotatable bonds is 6. The van der Waals surface area contributed by atoms with Crippen LogP contribution in [0.2, 0.25) is 0 Å². The molecule has 42 heavy (non-hydrogen) atoms. The minimum atomic E-state index is -0.753. The van der Waals surface area contributed by atoms with Crippen LogP contribution in [0.15, 0.2) is 48.5 Å². The van der Waals surface area contributed by atoms with Crippen molar-refractivity contribution in [3.05, 3.63) is 70.8 Å². The number of hydrogen-bond acceptors (Lipinski definition) is 8. The number of fused-ring (bicyclic) bond motifs is 1. The van der Waals surface area contributed by atoms with Crippen LogP contribution in [0.1, 0.15) is 35.1 Å². The van der Waals surface area contributed by atoms with E-state index in [1.54, 1.807) is 0 Å². The number of amides is 3. The largest absolute Gasteiger partial charge is 0.467 e. The van der Waals surface area contributed by atoms with Gasteiger partial charge in [-0.05, 0) is 31.4 Å². The summed E-state index contributed by atoms with van der Waals surface area (Å²) < 4.78 is 4.69. The van der Waals surface area contributed by atoms with Crippen LogP contribution in [-0.4, -0.2) is 100 Å². The average Bonchev–Trinajstić information content (AvgIpc) is 3.56. The Morgan fingerprint density at radius 1 is 0.952 bits per heavy atom. The molecule has 3 fully saturated rings. The summed E-state index contributed by atoms with van der Waals surface area (Å²) >= 11 is 0. The second-order valence-corrected chi connectivity index (χ2v) is 11.4. The molecule has 3 aliphatic heterocycles. The van der Waals surface area contributed by atoms with Crippen LogP contribution in [0.5, 0.6) is 0 Å². The molecule has 5 N–H and O–H groups in total. The lowest BCUT2D eigenvalue weighted by Crippen LogP contribution is -2.61. The number of nitrogens with zero attached hydrogens (tertiary/aromatic N) is 2. The first-order chi connectivity index (χ1) is 20.0. The van der Waals surface area contributed by atoms with E-state index in [1.165, 1.54) is 16.9 Å². The smallest absolute Gasteiger partial charge is 0.328 e. The fourth-order valence-corrected chi connectivity index (χ4v) is 5.63. The maximum absolute atomic E-state index is 12.5. The van der Waals surface area contributed by atoms with Gasteiger partial charge in [0.05, 0.1) is 25.4 Å². The number of benzene rings is 2. The van der Waals surface area contributed by atoms with Crippen LogP contribution in [0.3, 0.4) is 0 Å². The highest BCUT2D eigenvalue weighted by Gasteiger charge is 2.46. The highest BCUT2D eigenvalue weighted by atomic mass is 16.5. The van der Waals surface area contributed by atoms with Gasteiger partial charge in [0.25, 0.3) is 0 Å². The Morgan fingerprint density at radius 2 is 1.52 bits per heavy atom. The molecule has 11 nitrogen and oxygen atoms in total. The first-order valence-corrected chi connectivity index (χ1v) is 14.2. The first kappa shape index (κ1) is 31.1. The number of methoxy groups -OCH3 is 1. The van der Waals surface area contributed by atoms with Gasteiger partial charge in [0.1, 0.15) is 18.1 Å². The van der Waals surface area contributed by atoms with Crippen LogP contribution in [0, 0.1) is 13.8 Å². The molecular weight excluding hydrogens is 540 g/mol. The van der Waals surface area contributed by atoms with Crippen LogP contribution < -0.4 is 11.1 Å². The maximum Gasteiger partial charge on any atom is 0.328 e. The molecule has 0 radical (unpaired) electrons. The van der Waals surface area contributed by atoms with E-state index in [9.17, 15) is 29.4 Å². The summed E-state index contributed by atoms with van der Waals surface area (Å²) in [6.07, 6.45) is 0.0984. The third-order valence-corrected chi connectivity index (χ3v) is 7.97. The number of hydrogen-bond donors (Lipinski definition) is 4. The predicted octanol–water partition coefficient (Wildman–Crippen LogP) is -0.00266. The number of carbonyl (C=O) groups is 4. The molecule has 0 saturated carbocycles. The second kappa shape index (κ2) is 13.5. The van der Waals surface area contributed by atoms with Crippen LogP contribution >= 0.6 is 0 Å². The molecule has 0 aliphatic carbocycles. The summed E-state index contributed by atoms with van der Waals surface area (Å²) in [4.78, 5) is 51.4. The normalized spacial score (nSPS) is 25.7.